The third kappa shape index (κ3) is 4.49. The summed E-state index contributed by atoms with van der Waals surface area (Å²) < 4.78 is 26.2. The van der Waals surface area contributed by atoms with Gasteiger partial charge in [0.25, 0.3) is 0 Å². The van der Waals surface area contributed by atoms with Gasteiger partial charge in [-0.15, -0.1) is 0 Å². The highest BCUT2D eigenvalue weighted by Crippen LogP contribution is 2.28. The minimum atomic E-state index is -3.31. The second kappa shape index (κ2) is 9.08. The van der Waals surface area contributed by atoms with Crippen LogP contribution in [0.5, 0.6) is 0 Å². The second-order valence-corrected chi connectivity index (χ2v) is 10.6. The van der Waals surface area contributed by atoms with Crippen LogP contribution in [0.2, 0.25) is 5.02 Å². The number of rotatable bonds is 7. The number of fused-ring (bicyclic) bond motifs is 2. The van der Waals surface area contributed by atoms with Gasteiger partial charge in [-0.05, 0) is 48.9 Å². The molecule has 6 nitrogen and oxygen atoms in total. The maximum Gasteiger partial charge on any atom is 0.175 e. The van der Waals surface area contributed by atoms with Crippen molar-refractivity contribution in [1.29, 1.82) is 0 Å². The minimum Gasteiger partial charge on any atom is -0.384 e. The van der Waals surface area contributed by atoms with Gasteiger partial charge in [0.05, 0.1) is 21.4 Å². The Bertz CT molecular complexity index is 1600. The molecule has 0 bridgehead atoms. The van der Waals surface area contributed by atoms with Crippen LogP contribution in [0.4, 0.5) is 5.69 Å². The van der Waals surface area contributed by atoms with E-state index in [-0.39, 0.29) is 4.90 Å². The zero-order valence-corrected chi connectivity index (χ0v) is 20.1. The summed E-state index contributed by atoms with van der Waals surface area (Å²) in [6.07, 6.45) is 3.83. The quantitative estimate of drug-likeness (QED) is 0.291. The molecule has 8 heteroatoms. The molecule has 3 aromatic carbocycles. The lowest BCUT2D eigenvalue weighted by Crippen LogP contribution is -2.08. The summed E-state index contributed by atoms with van der Waals surface area (Å²) in [6, 6.07) is 22.8. The molecule has 2 heterocycles. The number of sulfone groups is 1. The van der Waals surface area contributed by atoms with Crippen LogP contribution in [0.25, 0.3) is 33.3 Å². The summed E-state index contributed by atoms with van der Waals surface area (Å²) in [7, 11) is -3.31. The van der Waals surface area contributed by atoms with Gasteiger partial charge in [-0.2, -0.15) is 0 Å². The van der Waals surface area contributed by atoms with Crippen LogP contribution in [0.1, 0.15) is 6.42 Å². The molecule has 0 unspecified atom stereocenters. The highest BCUT2D eigenvalue weighted by molar-refractivity contribution is 7.90. The van der Waals surface area contributed by atoms with E-state index in [2.05, 4.69) is 14.9 Å². The Morgan fingerprint density at radius 2 is 1.79 bits per heavy atom. The summed E-state index contributed by atoms with van der Waals surface area (Å²) in [5, 5.41) is 5.20. The van der Waals surface area contributed by atoms with Crippen molar-refractivity contribution in [3.05, 3.63) is 84.0 Å². The largest absolute Gasteiger partial charge is 0.384 e. The van der Waals surface area contributed by atoms with E-state index in [0.717, 1.165) is 53.0 Å². The number of nitrogens with one attached hydrogen (secondary N) is 1. The Hall–Kier alpha value is -3.42. The molecule has 0 aliphatic rings. The molecule has 0 saturated heterocycles. The normalized spacial score (nSPS) is 11.8. The molecular formula is C26H23ClN4O2S. The Morgan fingerprint density at radius 3 is 2.59 bits per heavy atom. The van der Waals surface area contributed by atoms with Crippen LogP contribution in [0, 0.1) is 0 Å². The standard InChI is InChI=1S/C26H23ClN4O2S/c1-34(32,33)20-9-11-25-24(17-20)30-26(18-6-3-2-4-7-18)31(25)15-5-13-28-22-12-14-29-23-16-19(27)8-10-21(22)23/h2-4,6-12,14,16-17H,5,13,15H2,1H3,(H,28,29). The predicted molar refractivity (Wildman–Crippen MR) is 138 cm³/mol. The van der Waals surface area contributed by atoms with E-state index in [1.807, 2.05) is 60.7 Å². The number of imidazole rings is 1. The van der Waals surface area contributed by atoms with E-state index < -0.39 is 9.84 Å². The van der Waals surface area contributed by atoms with E-state index in [4.69, 9.17) is 16.6 Å². The first-order chi connectivity index (χ1) is 16.4. The lowest BCUT2D eigenvalue weighted by Gasteiger charge is -2.12. The molecule has 0 aliphatic heterocycles. The molecule has 0 atom stereocenters. The monoisotopic (exact) mass is 490 g/mol. The van der Waals surface area contributed by atoms with Crippen molar-refractivity contribution in [2.45, 2.75) is 17.9 Å². The molecule has 5 rings (SSSR count). The average molecular weight is 491 g/mol. The Balaban J connectivity index is 1.42. The Labute approximate surface area is 203 Å². The highest BCUT2D eigenvalue weighted by atomic mass is 35.5. The summed E-state index contributed by atoms with van der Waals surface area (Å²) in [5.74, 6) is 0.824. The first kappa shape index (κ1) is 22.4. The van der Waals surface area contributed by atoms with Crippen molar-refractivity contribution in [2.75, 3.05) is 18.1 Å². The minimum absolute atomic E-state index is 0.274. The van der Waals surface area contributed by atoms with Crippen molar-refractivity contribution in [3.63, 3.8) is 0 Å². The van der Waals surface area contributed by atoms with Crippen LogP contribution >= 0.6 is 11.6 Å². The lowest BCUT2D eigenvalue weighted by atomic mass is 10.2. The Kier molecular flexibility index (Phi) is 5.98. The van der Waals surface area contributed by atoms with Crippen molar-refractivity contribution in [3.8, 4) is 11.4 Å². The van der Waals surface area contributed by atoms with E-state index in [9.17, 15) is 8.42 Å². The van der Waals surface area contributed by atoms with Gasteiger partial charge in [0.1, 0.15) is 5.82 Å². The molecule has 0 aliphatic carbocycles. The van der Waals surface area contributed by atoms with Gasteiger partial charge in [-0.1, -0.05) is 41.9 Å². The fraction of sp³-hybridized carbons (Fsp3) is 0.154. The molecule has 0 radical (unpaired) electrons. The molecule has 34 heavy (non-hydrogen) atoms. The first-order valence-corrected chi connectivity index (χ1v) is 13.2. The van der Waals surface area contributed by atoms with Gasteiger partial charge < -0.3 is 9.88 Å². The summed E-state index contributed by atoms with van der Waals surface area (Å²) in [5.41, 5.74) is 4.44. The third-order valence-corrected chi connectivity index (χ3v) is 7.10. The van der Waals surface area contributed by atoms with Gasteiger partial charge >= 0.3 is 0 Å². The fourth-order valence-electron chi connectivity index (χ4n) is 4.11. The van der Waals surface area contributed by atoms with E-state index in [1.165, 1.54) is 6.26 Å². The van der Waals surface area contributed by atoms with Crippen LogP contribution in [-0.2, 0) is 16.4 Å². The van der Waals surface area contributed by atoms with Gasteiger partial charge in [0.2, 0.25) is 0 Å². The van der Waals surface area contributed by atoms with E-state index in [0.29, 0.717) is 10.5 Å². The Morgan fingerprint density at radius 1 is 0.971 bits per heavy atom. The first-order valence-electron chi connectivity index (χ1n) is 10.9. The number of anilines is 1. The van der Waals surface area contributed by atoms with Crippen LogP contribution in [-0.4, -0.2) is 35.8 Å². The second-order valence-electron chi connectivity index (χ2n) is 8.18. The SMILES string of the molecule is CS(=O)(=O)c1ccc2c(c1)nc(-c1ccccc1)n2CCCNc1ccnc2cc(Cl)ccc12. The zero-order chi connectivity index (χ0) is 23.7. The molecule has 0 amide bonds. The fourth-order valence-corrected chi connectivity index (χ4v) is 4.92. The molecular weight excluding hydrogens is 468 g/mol. The number of aryl methyl sites for hydroxylation is 1. The number of pyridine rings is 1. The molecule has 0 saturated carbocycles. The number of halogens is 1. The van der Waals surface area contributed by atoms with Crippen molar-refractivity contribution >= 4 is 49.1 Å². The smallest absolute Gasteiger partial charge is 0.175 e. The van der Waals surface area contributed by atoms with Gasteiger partial charge in [-0.25, -0.2) is 13.4 Å². The number of nitrogens with zero attached hydrogens (tertiary/aromatic N) is 3. The molecule has 0 spiro atoms. The van der Waals surface area contributed by atoms with Crippen molar-refractivity contribution in [2.24, 2.45) is 0 Å². The van der Waals surface area contributed by atoms with Crippen LogP contribution < -0.4 is 5.32 Å². The number of hydrogen-bond donors (Lipinski definition) is 1. The zero-order valence-electron chi connectivity index (χ0n) is 18.6. The highest BCUT2D eigenvalue weighted by Gasteiger charge is 2.15. The molecule has 0 fully saturated rings. The van der Waals surface area contributed by atoms with E-state index >= 15 is 0 Å². The van der Waals surface area contributed by atoms with Gasteiger partial charge in [0, 0.05) is 47.2 Å². The molecule has 1 N–H and O–H groups in total. The van der Waals surface area contributed by atoms with Gasteiger partial charge in [-0.3, -0.25) is 4.98 Å². The number of hydrogen-bond acceptors (Lipinski definition) is 5. The molecule has 2 aromatic heterocycles. The van der Waals surface area contributed by atoms with Crippen molar-refractivity contribution < 1.29 is 8.42 Å². The topological polar surface area (TPSA) is 76.9 Å². The van der Waals surface area contributed by atoms with Gasteiger partial charge in [0.15, 0.2) is 9.84 Å². The molecule has 172 valence electrons. The maximum atomic E-state index is 12.0. The van der Waals surface area contributed by atoms with Crippen LogP contribution in [0.3, 0.4) is 0 Å². The number of aromatic nitrogens is 3. The maximum absolute atomic E-state index is 12.0. The summed E-state index contributed by atoms with van der Waals surface area (Å²) in [6.45, 7) is 1.47. The number of benzene rings is 3. The van der Waals surface area contributed by atoms with Crippen molar-refractivity contribution in [1.82, 2.24) is 14.5 Å². The lowest BCUT2D eigenvalue weighted by molar-refractivity contribution is 0.602. The predicted octanol–water partition coefficient (Wildman–Crippen LogP) is 5.81. The molecule has 5 aromatic rings. The summed E-state index contributed by atoms with van der Waals surface area (Å²) >= 11 is 6.10. The van der Waals surface area contributed by atoms with Crippen LogP contribution in [0.15, 0.2) is 83.9 Å². The van der Waals surface area contributed by atoms with E-state index in [1.54, 1.807) is 18.3 Å². The third-order valence-electron chi connectivity index (χ3n) is 5.76. The average Bonchev–Trinajstić information content (AvgIpc) is 3.19. The summed E-state index contributed by atoms with van der Waals surface area (Å²) in [4.78, 5) is 9.47.